The SMILES string of the molecule is CCCCC/C=C\CCC(CCCCCCCCCCCCCC)OC(=O)CCC(NC(=O)CN(C)C)C(=O)OC(CC/C=C\CCCCC)CCCCCCCCCCCCCC. The first-order valence-corrected chi connectivity index (χ1v) is 27.9. The molecule has 0 aromatic rings. The van der Waals surface area contributed by atoms with Crippen molar-refractivity contribution in [2.75, 3.05) is 20.6 Å². The Labute approximate surface area is 398 Å². The fraction of sp³-hybridized carbons (Fsp3) is 0.877. The van der Waals surface area contributed by atoms with Crippen LogP contribution in [0.25, 0.3) is 0 Å². The molecule has 0 heterocycles. The first-order valence-electron chi connectivity index (χ1n) is 27.9. The number of likely N-dealkylation sites (N-methyl/N-ethyl adjacent to an activating group) is 1. The standard InChI is InChI=1S/C57H108N2O5/c1-7-11-15-19-23-25-27-29-31-35-39-42-46-52(45-41-37-33-21-17-13-9-3)63-56(61)50-49-54(58-55(60)51-59(5)6)57(62)64-53(47-43-38-34-22-18-14-10-4)48-44-40-36-32-30-28-26-24-20-16-12-8-2/h33-34,37-38,52-54H,7-32,35-36,39-51H2,1-6H3,(H,58,60)/b37-33-,38-34-. The Bertz CT molecular complexity index is 1090. The highest BCUT2D eigenvalue weighted by Gasteiger charge is 2.27. The van der Waals surface area contributed by atoms with Gasteiger partial charge >= 0.3 is 11.9 Å². The first kappa shape index (κ1) is 61.9. The van der Waals surface area contributed by atoms with Gasteiger partial charge in [-0.05, 0) is 97.6 Å². The summed E-state index contributed by atoms with van der Waals surface area (Å²) in [5, 5.41) is 2.93. The minimum atomic E-state index is -0.894. The van der Waals surface area contributed by atoms with Crippen molar-refractivity contribution in [1.82, 2.24) is 10.2 Å². The number of allylic oxidation sites excluding steroid dienone is 4. The van der Waals surface area contributed by atoms with E-state index in [0.29, 0.717) is 0 Å². The van der Waals surface area contributed by atoms with Crippen LogP contribution in [0.3, 0.4) is 0 Å². The van der Waals surface area contributed by atoms with Crippen LogP contribution in [0.1, 0.15) is 285 Å². The van der Waals surface area contributed by atoms with Crippen molar-refractivity contribution in [3.05, 3.63) is 24.3 Å². The Kier molecular flexibility index (Phi) is 47.1. The smallest absolute Gasteiger partial charge is 0.328 e. The van der Waals surface area contributed by atoms with Crippen LogP contribution in [0.4, 0.5) is 0 Å². The van der Waals surface area contributed by atoms with Gasteiger partial charge in [0.2, 0.25) is 5.91 Å². The summed E-state index contributed by atoms with van der Waals surface area (Å²) in [6.07, 6.45) is 54.5. The lowest BCUT2D eigenvalue weighted by Gasteiger charge is -2.24. The number of ether oxygens (including phenoxy) is 2. The highest BCUT2D eigenvalue weighted by molar-refractivity contribution is 5.86. The lowest BCUT2D eigenvalue weighted by Crippen LogP contribution is -2.46. The van der Waals surface area contributed by atoms with Gasteiger partial charge in [-0.3, -0.25) is 9.59 Å². The lowest BCUT2D eigenvalue weighted by atomic mass is 10.0. The topological polar surface area (TPSA) is 84.9 Å². The van der Waals surface area contributed by atoms with Gasteiger partial charge in [-0.25, -0.2) is 4.79 Å². The zero-order valence-corrected chi connectivity index (χ0v) is 43.5. The third-order valence-electron chi connectivity index (χ3n) is 12.6. The molecule has 0 aliphatic rings. The molecule has 3 unspecified atom stereocenters. The van der Waals surface area contributed by atoms with E-state index in [4.69, 9.17) is 9.47 Å². The Morgan fingerprint density at radius 1 is 0.422 bits per heavy atom. The van der Waals surface area contributed by atoms with Crippen LogP contribution in [0.5, 0.6) is 0 Å². The average Bonchev–Trinajstić information content (AvgIpc) is 3.27. The van der Waals surface area contributed by atoms with E-state index in [1.165, 1.54) is 167 Å². The molecule has 0 saturated heterocycles. The molecular formula is C57H108N2O5. The maximum atomic E-state index is 13.9. The molecule has 0 bridgehead atoms. The van der Waals surface area contributed by atoms with Gasteiger partial charge in [0.1, 0.15) is 18.2 Å². The van der Waals surface area contributed by atoms with Gasteiger partial charge in [-0.2, -0.15) is 0 Å². The minimum absolute atomic E-state index is 0.0632. The molecule has 0 aromatic heterocycles. The molecular weight excluding hydrogens is 793 g/mol. The number of unbranched alkanes of at least 4 members (excludes halogenated alkanes) is 28. The first-order chi connectivity index (χ1) is 31.3. The molecule has 3 atom stereocenters. The second-order valence-corrected chi connectivity index (χ2v) is 19.5. The predicted octanol–water partition coefficient (Wildman–Crippen LogP) is 16.7. The molecule has 0 aromatic carbocycles. The van der Waals surface area contributed by atoms with Crippen LogP contribution in [-0.4, -0.2) is 61.6 Å². The van der Waals surface area contributed by atoms with Crippen LogP contribution < -0.4 is 5.32 Å². The third kappa shape index (κ3) is 43.7. The van der Waals surface area contributed by atoms with Gasteiger partial charge in [0, 0.05) is 6.42 Å². The Morgan fingerprint density at radius 3 is 1.16 bits per heavy atom. The summed E-state index contributed by atoms with van der Waals surface area (Å²) < 4.78 is 12.4. The molecule has 0 fully saturated rings. The van der Waals surface area contributed by atoms with Gasteiger partial charge in [0.05, 0.1) is 6.54 Å². The van der Waals surface area contributed by atoms with E-state index in [-0.39, 0.29) is 43.5 Å². The maximum Gasteiger partial charge on any atom is 0.328 e. The second-order valence-electron chi connectivity index (χ2n) is 19.5. The molecule has 7 nitrogen and oxygen atoms in total. The van der Waals surface area contributed by atoms with Crippen LogP contribution >= 0.6 is 0 Å². The van der Waals surface area contributed by atoms with Crippen molar-refractivity contribution in [2.24, 2.45) is 0 Å². The number of hydrogen-bond donors (Lipinski definition) is 1. The number of nitrogens with zero attached hydrogens (tertiary/aromatic N) is 1. The lowest BCUT2D eigenvalue weighted by molar-refractivity contribution is -0.155. The number of hydrogen-bond acceptors (Lipinski definition) is 6. The van der Waals surface area contributed by atoms with E-state index in [9.17, 15) is 14.4 Å². The van der Waals surface area contributed by atoms with Crippen LogP contribution in [0.15, 0.2) is 24.3 Å². The number of esters is 2. The van der Waals surface area contributed by atoms with Crippen molar-refractivity contribution in [3.8, 4) is 0 Å². The zero-order valence-electron chi connectivity index (χ0n) is 43.5. The monoisotopic (exact) mass is 901 g/mol. The summed E-state index contributed by atoms with van der Waals surface area (Å²) in [6, 6.07) is -0.894. The number of amides is 1. The quantitative estimate of drug-likeness (QED) is 0.0372. The van der Waals surface area contributed by atoms with E-state index in [1.54, 1.807) is 4.90 Å². The van der Waals surface area contributed by atoms with Crippen molar-refractivity contribution in [3.63, 3.8) is 0 Å². The molecule has 0 spiro atoms. The highest BCUT2D eigenvalue weighted by atomic mass is 16.5. The molecule has 0 rings (SSSR count). The van der Waals surface area contributed by atoms with E-state index >= 15 is 0 Å². The van der Waals surface area contributed by atoms with Crippen LogP contribution in [-0.2, 0) is 23.9 Å². The summed E-state index contributed by atoms with van der Waals surface area (Å²) >= 11 is 0. The summed E-state index contributed by atoms with van der Waals surface area (Å²) in [7, 11) is 3.67. The van der Waals surface area contributed by atoms with Gasteiger partial charge in [-0.1, -0.05) is 219 Å². The van der Waals surface area contributed by atoms with Gasteiger partial charge in [-0.15, -0.1) is 0 Å². The van der Waals surface area contributed by atoms with Crippen molar-refractivity contribution < 1.29 is 23.9 Å². The van der Waals surface area contributed by atoms with Gasteiger partial charge in [0.15, 0.2) is 0 Å². The Balaban J connectivity index is 5.39. The number of rotatable bonds is 49. The molecule has 0 aliphatic carbocycles. The molecule has 7 heteroatoms. The van der Waals surface area contributed by atoms with E-state index in [1.807, 2.05) is 14.1 Å². The molecule has 0 aliphatic heterocycles. The highest BCUT2D eigenvalue weighted by Crippen LogP contribution is 2.20. The van der Waals surface area contributed by atoms with Crippen LogP contribution in [0.2, 0.25) is 0 Å². The largest absolute Gasteiger partial charge is 0.462 e. The fourth-order valence-electron chi connectivity index (χ4n) is 8.54. The summed E-state index contributed by atoms with van der Waals surface area (Å²) in [4.78, 5) is 42.2. The molecule has 1 amide bonds. The summed E-state index contributed by atoms with van der Waals surface area (Å²) in [5.41, 5.74) is 0. The molecule has 0 saturated carbocycles. The van der Waals surface area contributed by atoms with Gasteiger partial charge in [0.25, 0.3) is 0 Å². The summed E-state index contributed by atoms with van der Waals surface area (Å²) in [5.74, 6) is -0.975. The fourth-order valence-corrected chi connectivity index (χ4v) is 8.54. The molecule has 1 N–H and O–H groups in total. The average molecular weight is 901 g/mol. The predicted molar refractivity (Wildman–Crippen MR) is 276 cm³/mol. The number of nitrogens with one attached hydrogen (secondary N) is 1. The van der Waals surface area contributed by atoms with E-state index in [0.717, 1.165) is 77.0 Å². The van der Waals surface area contributed by atoms with Crippen LogP contribution in [0, 0.1) is 0 Å². The Hall–Kier alpha value is -2.15. The summed E-state index contributed by atoms with van der Waals surface area (Å²) in [6.45, 7) is 9.16. The van der Waals surface area contributed by atoms with E-state index in [2.05, 4.69) is 57.3 Å². The zero-order chi connectivity index (χ0) is 47.0. The van der Waals surface area contributed by atoms with Gasteiger partial charge < -0.3 is 19.7 Å². The number of carbonyl (C=O) groups is 3. The maximum absolute atomic E-state index is 13.9. The molecule has 0 radical (unpaired) electrons. The number of carbonyl (C=O) groups excluding carboxylic acids is 3. The third-order valence-corrected chi connectivity index (χ3v) is 12.6. The van der Waals surface area contributed by atoms with Crippen molar-refractivity contribution in [2.45, 2.75) is 303 Å². The Morgan fingerprint density at radius 2 is 0.766 bits per heavy atom. The van der Waals surface area contributed by atoms with E-state index < -0.39 is 12.0 Å². The molecule has 376 valence electrons. The molecule has 64 heavy (non-hydrogen) atoms. The normalized spacial score (nSPS) is 13.2. The minimum Gasteiger partial charge on any atom is -0.462 e. The van der Waals surface area contributed by atoms with Crippen molar-refractivity contribution in [1.29, 1.82) is 0 Å². The second kappa shape index (κ2) is 48.8. The van der Waals surface area contributed by atoms with Crippen molar-refractivity contribution >= 4 is 17.8 Å².